The van der Waals surface area contributed by atoms with Crippen molar-refractivity contribution in [2.45, 2.75) is 11.8 Å². The van der Waals surface area contributed by atoms with E-state index in [0.717, 1.165) is 9.87 Å². The van der Waals surface area contributed by atoms with Crippen LogP contribution in [0.4, 0.5) is 0 Å². The molecule has 2 rings (SSSR count). The summed E-state index contributed by atoms with van der Waals surface area (Å²) >= 11 is 5.52. The molecule has 7 heteroatoms. The summed E-state index contributed by atoms with van der Waals surface area (Å²) in [5, 5.41) is 8.98. The van der Waals surface area contributed by atoms with Crippen molar-refractivity contribution in [3.05, 3.63) is 77.5 Å². The van der Waals surface area contributed by atoms with Crippen LogP contribution in [-0.4, -0.2) is 30.8 Å². The van der Waals surface area contributed by atoms with Crippen molar-refractivity contribution >= 4 is 27.6 Å². The lowest BCUT2D eigenvalue weighted by Gasteiger charge is -2.13. The minimum absolute atomic E-state index is 0.254. The van der Waals surface area contributed by atoms with Gasteiger partial charge in [0.25, 0.3) is 10.0 Å². The van der Waals surface area contributed by atoms with Crippen LogP contribution in [0.2, 0.25) is 5.02 Å². The van der Waals surface area contributed by atoms with E-state index in [0.29, 0.717) is 5.02 Å². The number of halogens is 1. The molecule has 24 heavy (non-hydrogen) atoms. The second-order valence-corrected chi connectivity index (χ2v) is 7.26. The third kappa shape index (κ3) is 5.40. The lowest BCUT2D eigenvalue weighted by atomic mass is 10.2. The molecule has 1 N–H and O–H groups in total. The molecule has 0 radical (unpaired) electrons. The summed E-state index contributed by atoms with van der Waals surface area (Å²) < 4.78 is 24.6. The minimum atomic E-state index is -3.39. The first kappa shape index (κ1) is 19.7. The summed E-state index contributed by atoms with van der Waals surface area (Å²) in [6.07, 6.45) is 1.27. The second kappa shape index (κ2) is 8.52. The molecule has 0 aliphatic carbocycles. The fourth-order valence-electron chi connectivity index (χ4n) is 1.57. The average molecular weight is 368 g/mol. The van der Waals surface area contributed by atoms with E-state index >= 15 is 0 Å². The van der Waals surface area contributed by atoms with Crippen LogP contribution in [0, 0.1) is 6.92 Å². The molecule has 0 aliphatic rings. The van der Waals surface area contributed by atoms with Crippen molar-refractivity contribution in [1.29, 1.82) is 0 Å². The Balaban J connectivity index is 0.000000254. The number of carboxylic acid groups (broad SMARTS) is 1. The first-order valence-corrected chi connectivity index (χ1v) is 8.66. The van der Waals surface area contributed by atoms with Crippen LogP contribution in [0.15, 0.2) is 66.2 Å². The average Bonchev–Trinajstić information content (AvgIpc) is 2.55. The summed E-state index contributed by atoms with van der Waals surface area (Å²) in [5.74, 6) is -0.934. The van der Waals surface area contributed by atoms with Gasteiger partial charge in [0.2, 0.25) is 0 Å². The lowest BCUT2D eigenvalue weighted by Crippen LogP contribution is -2.20. The Morgan fingerprint density at radius 2 is 1.62 bits per heavy atom. The molecular formula is C17H18ClNO4S. The molecule has 0 fully saturated rings. The number of benzene rings is 2. The van der Waals surface area contributed by atoms with Crippen LogP contribution in [-0.2, 0) is 10.0 Å². The van der Waals surface area contributed by atoms with E-state index in [1.165, 1.54) is 25.4 Å². The van der Waals surface area contributed by atoms with E-state index in [4.69, 9.17) is 16.7 Å². The Hall–Kier alpha value is -2.31. The molecule has 0 atom stereocenters. The standard InChI is InChI=1S/C10H13NO2S.C7H5ClO2/c1-4-11(3)14(12,13)10-7-5-9(2)6-8-10;8-6-3-1-5(2-4-6)7(9)10/h4-8H,1H2,2-3H3;1-4H,(H,9,10). The van der Waals surface area contributed by atoms with Gasteiger partial charge in [-0.1, -0.05) is 35.9 Å². The number of rotatable bonds is 4. The minimum Gasteiger partial charge on any atom is -0.478 e. The summed E-state index contributed by atoms with van der Waals surface area (Å²) in [6, 6.07) is 12.7. The maximum atomic E-state index is 11.7. The third-order valence-electron chi connectivity index (χ3n) is 3.05. The first-order valence-electron chi connectivity index (χ1n) is 6.84. The molecule has 0 bridgehead atoms. The smallest absolute Gasteiger partial charge is 0.335 e. The number of hydrogen-bond acceptors (Lipinski definition) is 3. The second-order valence-electron chi connectivity index (χ2n) is 4.83. The number of nitrogens with zero attached hydrogens (tertiary/aromatic N) is 1. The van der Waals surface area contributed by atoms with Gasteiger partial charge in [-0.15, -0.1) is 0 Å². The van der Waals surface area contributed by atoms with Gasteiger partial charge < -0.3 is 5.11 Å². The van der Waals surface area contributed by atoms with E-state index in [2.05, 4.69) is 6.58 Å². The van der Waals surface area contributed by atoms with Gasteiger partial charge in [0.05, 0.1) is 10.5 Å². The van der Waals surface area contributed by atoms with Crippen LogP contribution in [0.3, 0.4) is 0 Å². The molecule has 0 aliphatic heterocycles. The quantitative estimate of drug-likeness (QED) is 0.891. The van der Waals surface area contributed by atoms with Gasteiger partial charge in [-0.25, -0.2) is 13.2 Å². The molecule has 0 saturated heterocycles. The van der Waals surface area contributed by atoms with Gasteiger partial charge in [0.15, 0.2) is 0 Å². The van der Waals surface area contributed by atoms with Gasteiger partial charge in [-0.3, -0.25) is 4.31 Å². The molecular weight excluding hydrogens is 350 g/mol. The Morgan fingerprint density at radius 1 is 1.12 bits per heavy atom. The van der Waals surface area contributed by atoms with Crippen molar-refractivity contribution in [2.24, 2.45) is 0 Å². The molecule has 5 nitrogen and oxygen atoms in total. The van der Waals surface area contributed by atoms with Crippen molar-refractivity contribution in [3.63, 3.8) is 0 Å². The predicted octanol–water partition coefficient (Wildman–Crippen LogP) is 3.80. The van der Waals surface area contributed by atoms with Crippen molar-refractivity contribution in [1.82, 2.24) is 4.31 Å². The van der Waals surface area contributed by atoms with Crippen molar-refractivity contribution < 1.29 is 18.3 Å². The summed E-state index contributed by atoms with van der Waals surface area (Å²) in [7, 11) is -1.93. The Morgan fingerprint density at radius 3 is 2.04 bits per heavy atom. The molecule has 0 spiro atoms. The molecule has 0 saturated carbocycles. The third-order valence-corrected chi connectivity index (χ3v) is 5.07. The van der Waals surface area contributed by atoms with Gasteiger partial charge in [0.1, 0.15) is 0 Å². The summed E-state index contributed by atoms with van der Waals surface area (Å²) in [6.45, 7) is 5.33. The number of aryl methyl sites for hydroxylation is 1. The zero-order chi connectivity index (χ0) is 18.3. The molecule has 0 unspecified atom stereocenters. The molecule has 2 aromatic carbocycles. The lowest BCUT2D eigenvalue weighted by molar-refractivity contribution is 0.0697. The Kier molecular flexibility index (Phi) is 7.00. The number of sulfonamides is 1. The topological polar surface area (TPSA) is 74.7 Å². The maximum absolute atomic E-state index is 11.7. The highest BCUT2D eigenvalue weighted by atomic mass is 35.5. The van der Waals surface area contributed by atoms with Gasteiger partial charge in [-0.05, 0) is 43.3 Å². The Bertz CT molecular complexity index is 799. The van der Waals surface area contributed by atoms with E-state index in [-0.39, 0.29) is 10.5 Å². The van der Waals surface area contributed by atoms with E-state index in [1.807, 2.05) is 6.92 Å². The number of hydrogen-bond donors (Lipinski definition) is 1. The van der Waals surface area contributed by atoms with E-state index < -0.39 is 16.0 Å². The van der Waals surface area contributed by atoms with E-state index in [9.17, 15) is 13.2 Å². The fraction of sp³-hybridized carbons (Fsp3) is 0.118. The van der Waals surface area contributed by atoms with E-state index in [1.54, 1.807) is 36.4 Å². The van der Waals surface area contributed by atoms with Gasteiger partial charge in [0, 0.05) is 18.3 Å². The van der Waals surface area contributed by atoms with Crippen molar-refractivity contribution in [3.8, 4) is 0 Å². The number of carboxylic acids is 1. The van der Waals surface area contributed by atoms with Gasteiger partial charge >= 0.3 is 5.97 Å². The number of aromatic carboxylic acids is 1. The zero-order valence-corrected chi connectivity index (χ0v) is 14.9. The predicted molar refractivity (Wildman–Crippen MR) is 94.7 cm³/mol. The summed E-state index contributed by atoms with van der Waals surface area (Å²) in [5.41, 5.74) is 1.29. The monoisotopic (exact) mass is 367 g/mol. The molecule has 0 amide bonds. The molecule has 2 aromatic rings. The maximum Gasteiger partial charge on any atom is 0.335 e. The highest BCUT2D eigenvalue weighted by Crippen LogP contribution is 2.14. The Labute approximate surface area is 146 Å². The fourth-order valence-corrected chi connectivity index (χ4v) is 2.70. The van der Waals surface area contributed by atoms with Gasteiger partial charge in [-0.2, -0.15) is 0 Å². The van der Waals surface area contributed by atoms with Crippen LogP contribution >= 0.6 is 11.6 Å². The zero-order valence-electron chi connectivity index (χ0n) is 13.3. The molecule has 128 valence electrons. The van der Waals surface area contributed by atoms with Crippen LogP contribution in [0.1, 0.15) is 15.9 Å². The van der Waals surface area contributed by atoms with Crippen LogP contribution < -0.4 is 0 Å². The SMILES string of the molecule is C=CN(C)S(=O)(=O)c1ccc(C)cc1.O=C(O)c1ccc(Cl)cc1. The first-order chi connectivity index (χ1) is 11.2. The van der Waals surface area contributed by atoms with Crippen LogP contribution in [0.25, 0.3) is 0 Å². The van der Waals surface area contributed by atoms with Crippen LogP contribution in [0.5, 0.6) is 0 Å². The largest absolute Gasteiger partial charge is 0.478 e. The highest BCUT2D eigenvalue weighted by Gasteiger charge is 2.16. The molecule has 0 aromatic heterocycles. The number of carbonyl (C=O) groups is 1. The molecule has 0 heterocycles. The summed E-state index contributed by atoms with van der Waals surface area (Å²) in [4.78, 5) is 10.6. The highest BCUT2D eigenvalue weighted by molar-refractivity contribution is 7.89. The normalized spacial score (nSPS) is 10.3. The van der Waals surface area contributed by atoms with Crippen molar-refractivity contribution in [2.75, 3.05) is 7.05 Å².